The number of β-amino-alcohol motifs (C(OH)–C–C–N with tert-alkyl or cyclic N) is 1. The van der Waals surface area contributed by atoms with Crippen molar-refractivity contribution in [2.24, 2.45) is 5.41 Å². The first-order valence-corrected chi connectivity index (χ1v) is 29.0. The molecule has 4 N–H and O–H groups in total. The number of nitrogens with zero attached hydrogens (tertiary/aromatic N) is 5. The second-order valence-electron chi connectivity index (χ2n) is 22.9. The lowest BCUT2D eigenvalue weighted by Crippen LogP contribution is -2.57. The van der Waals surface area contributed by atoms with Crippen molar-refractivity contribution in [3.8, 4) is 21.6 Å². The molecule has 2 saturated heterocycles. The number of thiazole rings is 1. The lowest BCUT2D eigenvalue weighted by molar-refractivity contribution is -0.144. The van der Waals surface area contributed by atoms with Gasteiger partial charge >= 0.3 is 0 Å². The van der Waals surface area contributed by atoms with Gasteiger partial charge in [-0.2, -0.15) is 0 Å². The van der Waals surface area contributed by atoms with Crippen molar-refractivity contribution in [1.82, 2.24) is 39.9 Å². The average molecular weight is 1100 g/mol. The Hall–Kier alpha value is -6.34. The largest absolute Gasteiger partial charge is 0.391 e. The minimum atomic E-state index is -0.928. The number of aliphatic hydroxyl groups is 1. The van der Waals surface area contributed by atoms with Crippen molar-refractivity contribution in [3.63, 3.8) is 0 Å². The third kappa shape index (κ3) is 14.4. The summed E-state index contributed by atoms with van der Waals surface area (Å²) in [6.07, 6.45) is 6.87. The van der Waals surface area contributed by atoms with Crippen molar-refractivity contribution >= 4 is 45.7 Å². The van der Waals surface area contributed by atoms with Crippen LogP contribution in [-0.4, -0.2) is 142 Å². The number of rotatable bonds is 22. The lowest BCUT2D eigenvalue weighted by Gasteiger charge is -2.35. The number of ether oxygens (including phenoxy) is 2. The third-order valence-electron chi connectivity index (χ3n) is 16.0. The maximum absolute atomic E-state index is 14.1. The number of aromatic amines is 1. The van der Waals surface area contributed by atoms with E-state index in [2.05, 4.69) is 77.6 Å². The van der Waals surface area contributed by atoms with Gasteiger partial charge in [-0.25, -0.2) is 4.98 Å². The van der Waals surface area contributed by atoms with Crippen molar-refractivity contribution in [2.75, 3.05) is 65.7 Å². The van der Waals surface area contributed by atoms with Gasteiger partial charge in [-0.3, -0.25) is 33.8 Å². The second kappa shape index (κ2) is 25.8. The summed E-state index contributed by atoms with van der Waals surface area (Å²) < 4.78 is 13.9. The number of hydrogen-bond acceptors (Lipinski definition) is 12. The Kier molecular flexibility index (Phi) is 18.8. The Bertz CT molecular complexity index is 3150. The number of aliphatic hydroxyl groups excluding tert-OH is 1. The fourth-order valence-electron chi connectivity index (χ4n) is 11.5. The minimum absolute atomic E-state index is 0.0312. The molecule has 3 fully saturated rings. The van der Waals surface area contributed by atoms with Crippen LogP contribution in [-0.2, 0) is 43.4 Å². The zero-order valence-electron chi connectivity index (χ0n) is 46.8. The molecule has 1 aliphatic carbocycles. The Morgan fingerprint density at radius 1 is 0.848 bits per heavy atom. The van der Waals surface area contributed by atoms with E-state index in [1.807, 2.05) is 83.5 Å². The maximum Gasteiger partial charge on any atom is 0.253 e. The van der Waals surface area contributed by atoms with Gasteiger partial charge in [0, 0.05) is 105 Å². The smallest absolute Gasteiger partial charge is 0.253 e. The van der Waals surface area contributed by atoms with Crippen LogP contribution >= 0.6 is 11.3 Å². The Morgan fingerprint density at radius 3 is 2.24 bits per heavy atom. The zero-order chi connectivity index (χ0) is 55.8. The predicted molar refractivity (Wildman–Crippen MR) is 309 cm³/mol. The highest BCUT2D eigenvalue weighted by atomic mass is 32.1. The standard InChI is InChI=1S/C62H78N8O8S/c1-40-31-41(2)65-60(75)52(40)35-63-59(74)51-32-47(33-53-50(51)21-22-69(53)48-9-7-8-10-48)45-16-13-44(14-17-45)36-68-25-23-67(24-26-68)27-28-77-29-30-78-38-56(73)66-58(62(4,5)6)61(76)70-37-49(71)34-54(70)55(72)20-15-43-11-18-46(19-12-43)57-42(3)64-39-79-57/h11-14,16-19,21-22,31-33,39,48-49,54,58,71H,7-10,15,20,23-30,34-38H2,1-6H3,(H,63,74)(H,65,75)(H,66,73)/t49-,54+,58-/m1/s1. The summed E-state index contributed by atoms with van der Waals surface area (Å²) in [6.45, 7) is 17.7. The van der Waals surface area contributed by atoms with Crippen molar-refractivity contribution in [2.45, 2.75) is 124 Å². The lowest BCUT2D eigenvalue weighted by atomic mass is 9.85. The molecule has 3 aromatic heterocycles. The van der Waals surface area contributed by atoms with E-state index in [9.17, 15) is 29.1 Å². The normalized spacial score (nSPS) is 17.9. The number of carbonyl (C=O) groups is 4. The molecule has 6 aromatic rings. The molecule has 9 rings (SSSR count). The number of H-pyrrole nitrogens is 1. The monoisotopic (exact) mass is 1090 g/mol. The number of Topliss-reactive ketones (excluding diaryl/α,β-unsaturated/α-hetero) is 1. The molecule has 420 valence electrons. The number of fused-ring (bicyclic) bond motifs is 1. The molecule has 1 saturated carbocycles. The number of carbonyl (C=O) groups excluding carboxylic acids is 4. The van der Waals surface area contributed by atoms with E-state index in [-0.39, 0.29) is 62.3 Å². The number of aryl methyl sites for hydroxylation is 4. The van der Waals surface area contributed by atoms with Crippen molar-refractivity contribution in [3.05, 3.63) is 134 Å². The van der Waals surface area contributed by atoms with Gasteiger partial charge in [0.25, 0.3) is 11.5 Å². The van der Waals surface area contributed by atoms with Gasteiger partial charge in [-0.05, 0) is 103 Å². The summed E-state index contributed by atoms with van der Waals surface area (Å²) in [5.41, 5.74) is 11.2. The fourth-order valence-corrected chi connectivity index (χ4v) is 12.3. The van der Waals surface area contributed by atoms with Crippen LogP contribution in [0.15, 0.2) is 89.3 Å². The topological polar surface area (TPSA) is 191 Å². The second-order valence-corrected chi connectivity index (χ2v) is 23.8. The molecule has 3 aromatic carbocycles. The van der Waals surface area contributed by atoms with Crippen LogP contribution in [0.25, 0.3) is 32.5 Å². The number of hydrogen-bond donors (Lipinski definition) is 4. The van der Waals surface area contributed by atoms with Gasteiger partial charge in [0.15, 0.2) is 5.78 Å². The highest BCUT2D eigenvalue weighted by molar-refractivity contribution is 7.13. The van der Waals surface area contributed by atoms with Crippen LogP contribution in [0.5, 0.6) is 0 Å². The number of likely N-dealkylation sites (tertiary alicyclic amines) is 1. The molecule has 17 heteroatoms. The van der Waals surface area contributed by atoms with Gasteiger partial charge in [-0.1, -0.05) is 82.1 Å². The number of ketones is 1. The molecule has 0 spiro atoms. The van der Waals surface area contributed by atoms with Crippen molar-refractivity contribution < 1.29 is 33.8 Å². The van der Waals surface area contributed by atoms with Gasteiger partial charge < -0.3 is 39.7 Å². The molecule has 3 aliphatic rings. The first-order chi connectivity index (χ1) is 38.0. The number of piperazine rings is 1. The number of benzene rings is 3. The van der Waals surface area contributed by atoms with Crippen LogP contribution in [0, 0.1) is 26.2 Å². The molecule has 3 amide bonds. The van der Waals surface area contributed by atoms with Gasteiger partial charge in [0.1, 0.15) is 12.6 Å². The number of aromatic nitrogens is 3. The summed E-state index contributed by atoms with van der Waals surface area (Å²) in [6, 6.07) is 23.7. The minimum Gasteiger partial charge on any atom is -0.391 e. The van der Waals surface area contributed by atoms with E-state index < -0.39 is 29.5 Å². The van der Waals surface area contributed by atoms with Crippen LogP contribution in [0.2, 0.25) is 0 Å². The number of amides is 3. The molecule has 2 aliphatic heterocycles. The SMILES string of the molecule is Cc1cc(C)c(CNC(=O)c2cc(-c3ccc(CN4CCN(CCOCCOCC(=O)N[C@H](C(=O)N5C[C@H](O)C[C@H]5C(=O)CCc5ccc(-c6scnc6C)cc5)C(C)(C)C)CC4)cc3)cc3c2ccn3C2CCCC2)c(=O)[nH]1. The fraction of sp³-hybridized carbons (Fsp3) is 0.484. The highest BCUT2D eigenvalue weighted by Crippen LogP contribution is 2.37. The van der Waals surface area contributed by atoms with Crippen LogP contribution < -0.4 is 16.2 Å². The van der Waals surface area contributed by atoms with E-state index >= 15 is 0 Å². The molecule has 0 unspecified atom stereocenters. The Morgan fingerprint density at radius 2 is 1.54 bits per heavy atom. The van der Waals surface area contributed by atoms with E-state index in [0.29, 0.717) is 36.8 Å². The van der Waals surface area contributed by atoms with Crippen molar-refractivity contribution in [1.29, 1.82) is 0 Å². The first kappa shape index (κ1) is 57.3. The summed E-state index contributed by atoms with van der Waals surface area (Å²) in [5.74, 6) is -1.14. The molecule has 3 atom stereocenters. The molecule has 5 heterocycles. The molecule has 0 bridgehead atoms. The summed E-state index contributed by atoms with van der Waals surface area (Å²) >= 11 is 1.59. The van der Waals surface area contributed by atoms with Crippen LogP contribution in [0.3, 0.4) is 0 Å². The van der Waals surface area contributed by atoms with Gasteiger partial charge in [0.05, 0.1) is 48.0 Å². The molecular weight excluding hydrogens is 1020 g/mol. The zero-order valence-corrected chi connectivity index (χ0v) is 47.6. The first-order valence-electron chi connectivity index (χ1n) is 28.1. The number of nitrogens with one attached hydrogen (secondary N) is 3. The van der Waals surface area contributed by atoms with E-state index in [4.69, 9.17) is 9.47 Å². The van der Waals surface area contributed by atoms with Gasteiger partial charge in [-0.15, -0.1) is 11.3 Å². The van der Waals surface area contributed by atoms with E-state index in [0.717, 1.165) is 107 Å². The van der Waals surface area contributed by atoms with E-state index in [1.54, 1.807) is 11.3 Å². The Balaban J connectivity index is 0.689. The average Bonchev–Trinajstić information content (AvgIpc) is 4.42. The molecular formula is C62H78N8O8S. The molecule has 0 radical (unpaired) electrons. The summed E-state index contributed by atoms with van der Waals surface area (Å²) in [7, 11) is 0. The van der Waals surface area contributed by atoms with E-state index in [1.165, 1.54) is 23.3 Å². The predicted octanol–water partition coefficient (Wildman–Crippen LogP) is 7.94. The maximum atomic E-state index is 14.1. The number of pyridine rings is 1. The third-order valence-corrected chi connectivity index (χ3v) is 17.0. The molecule has 16 nitrogen and oxygen atoms in total. The summed E-state index contributed by atoms with van der Waals surface area (Å²) in [5, 5.41) is 17.5. The highest BCUT2D eigenvalue weighted by Gasteiger charge is 2.44. The van der Waals surface area contributed by atoms with Crippen LogP contribution in [0.4, 0.5) is 0 Å². The van der Waals surface area contributed by atoms with Crippen LogP contribution in [0.1, 0.15) is 109 Å². The van der Waals surface area contributed by atoms with Gasteiger partial charge in [0.2, 0.25) is 11.8 Å². The summed E-state index contributed by atoms with van der Waals surface area (Å²) in [4.78, 5) is 82.2. The Labute approximate surface area is 467 Å². The quantitative estimate of drug-likeness (QED) is 0.0483. The molecule has 79 heavy (non-hydrogen) atoms.